The lowest BCUT2D eigenvalue weighted by molar-refractivity contribution is -0.141. The summed E-state index contributed by atoms with van der Waals surface area (Å²) in [4.78, 5) is 15.4. The molecule has 0 amide bonds. The standard InChI is InChI=1S/C12H18N2O4S2/c1-8-13-9(7-19-8)6-14(2)20(17,18)11-5-3-4-10(11)12(15)16/h7,10-11H,3-6H2,1-2H3,(H,15,16). The van der Waals surface area contributed by atoms with Crippen molar-refractivity contribution >= 4 is 27.3 Å². The van der Waals surface area contributed by atoms with Gasteiger partial charge in [-0.05, 0) is 19.8 Å². The summed E-state index contributed by atoms with van der Waals surface area (Å²) >= 11 is 1.47. The number of aryl methyl sites for hydroxylation is 1. The van der Waals surface area contributed by atoms with Gasteiger partial charge in [0.15, 0.2) is 0 Å². The maximum Gasteiger partial charge on any atom is 0.307 e. The summed E-state index contributed by atoms with van der Waals surface area (Å²) < 4.78 is 26.2. The summed E-state index contributed by atoms with van der Waals surface area (Å²) in [6.45, 7) is 2.05. The van der Waals surface area contributed by atoms with Gasteiger partial charge in [-0.15, -0.1) is 11.3 Å². The molecule has 1 aromatic rings. The van der Waals surface area contributed by atoms with E-state index >= 15 is 0 Å². The van der Waals surface area contributed by atoms with Crippen LogP contribution in [-0.4, -0.2) is 41.1 Å². The van der Waals surface area contributed by atoms with Crippen molar-refractivity contribution in [1.29, 1.82) is 0 Å². The minimum Gasteiger partial charge on any atom is -0.481 e. The van der Waals surface area contributed by atoms with Gasteiger partial charge in [0, 0.05) is 12.4 Å². The van der Waals surface area contributed by atoms with E-state index in [1.807, 2.05) is 12.3 Å². The molecule has 1 aromatic heterocycles. The van der Waals surface area contributed by atoms with Crippen LogP contribution in [0.2, 0.25) is 0 Å². The molecule has 0 bridgehead atoms. The number of aliphatic carboxylic acids is 1. The monoisotopic (exact) mass is 318 g/mol. The lowest BCUT2D eigenvalue weighted by Crippen LogP contribution is -2.40. The van der Waals surface area contributed by atoms with E-state index in [-0.39, 0.29) is 6.54 Å². The molecule has 2 rings (SSSR count). The van der Waals surface area contributed by atoms with Crippen LogP contribution >= 0.6 is 11.3 Å². The Hall–Kier alpha value is -0.990. The van der Waals surface area contributed by atoms with Crippen LogP contribution < -0.4 is 0 Å². The van der Waals surface area contributed by atoms with Crippen LogP contribution in [0.15, 0.2) is 5.38 Å². The first-order valence-electron chi connectivity index (χ1n) is 6.41. The minimum atomic E-state index is -3.60. The minimum absolute atomic E-state index is 0.190. The Balaban J connectivity index is 2.15. The highest BCUT2D eigenvalue weighted by atomic mass is 32.2. The predicted octanol–water partition coefficient (Wildman–Crippen LogP) is 1.47. The third-order valence-corrected chi connectivity index (χ3v) is 6.79. The smallest absolute Gasteiger partial charge is 0.307 e. The molecule has 1 N–H and O–H groups in total. The van der Waals surface area contributed by atoms with Crippen molar-refractivity contribution in [2.75, 3.05) is 7.05 Å². The van der Waals surface area contributed by atoms with E-state index in [1.165, 1.54) is 22.7 Å². The van der Waals surface area contributed by atoms with Gasteiger partial charge < -0.3 is 5.11 Å². The van der Waals surface area contributed by atoms with Crippen LogP contribution in [0, 0.1) is 12.8 Å². The van der Waals surface area contributed by atoms with E-state index in [0.717, 1.165) is 5.01 Å². The maximum atomic E-state index is 12.5. The first-order chi connectivity index (χ1) is 9.32. The maximum absolute atomic E-state index is 12.5. The normalized spacial score (nSPS) is 23.4. The van der Waals surface area contributed by atoms with Crippen molar-refractivity contribution in [3.8, 4) is 0 Å². The second-order valence-corrected chi connectivity index (χ2v) is 8.39. The van der Waals surface area contributed by atoms with Gasteiger partial charge >= 0.3 is 5.97 Å². The van der Waals surface area contributed by atoms with E-state index < -0.39 is 27.2 Å². The van der Waals surface area contributed by atoms with Crippen molar-refractivity contribution in [2.45, 2.75) is 38.0 Å². The number of carboxylic acid groups (broad SMARTS) is 1. The molecule has 2 atom stereocenters. The molecule has 0 saturated heterocycles. The lowest BCUT2D eigenvalue weighted by Gasteiger charge is -2.23. The number of carbonyl (C=O) groups is 1. The summed E-state index contributed by atoms with van der Waals surface area (Å²) in [5, 5.41) is 11.0. The van der Waals surface area contributed by atoms with Gasteiger partial charge in [-0.2, -0.15) is 4.31 Å². The quantitative estimate of drug-likeness (QED) is 0.888. The number of aromatic nitrogens is 1. The Morgan fingerprint density at radius 3 is 2.80 bits per heavy atom. The number of rotatable bonds is 5. The van der Waals surface area contributed by atoms with Crippen LogP contribution in [0.1, 0.15) is 30.0 Å². The van der Waals surface area contributed by atoms with Gasteiger partial charge in [0.2, 0.25) is 10.0 Å². The summed E-state index contributed by atoms with van der Waals surface area (Å²) in [5.41, 5.74) is 0.698. The molecular formula is C12H18N2O4S2. The van der Waals surface area contributed by atoms with E-state index in [0.29, 0.717) is 25.0 Å². The molecule has 2 unspecified atom stereocenters. The lowest BCUT2D eigenvalue weighted by atomic mass is 10.1. The fourth-order valence-electron chi connectivity index (χ4n) is 2.60. The molecule has 1 saturated carbocycles. The molecular weight excluding hydrogens is 300 g/mol. The molecule has 1 fully saturated rings. The molecule has 1 aliphatic rings. The van der Waals surface area contributed by atoms with Crippen LogP contribution in [0.25, 0.3) is 0 Å². The molecule has 8 heteroatoms. The zero-order valence-electron chi connectivity index (χ0n) is 11.4. The number of sulfonamides is 1. The van der Waals surface area contributed by atoms with Crippen molar-refractivity contribution in [3.63, 3.8) is 0 Å². The van der Waals surface area contributed by atoms with Crippen LogP contribution in [-0.2, 0) is 21.4 Å². The second-order valence-electron chi connectivity index (χ2n) is 5.07. The van der Waals surface area contributed by atoms with Crippen LogP contribution in [0.4, 0.5) is 0 Å². The van der Waals surface area contributed by atoms with Gasteiger partial charge in [0.1, 0.15) is 0 Å². The van der Waals surface area contributed by atoms with Gasteiger partial charge in [-0.3, -0.25) is 4.79 Å². The highest BCUT2D eigenvalue weighted by Gasteiger charge is 2.43. The van der Waals surface area contributed by atoms with Gasteiger partial charge in [-0.25, -0.2) is 13.4 Å². The van der Waals surface area contributed by atoms with E-state index in [2.05, 4.69) is 4.98 Å². The zero-order chi connectivity index (χ0) is 14.9. The third kappa shape index (κ3) is 3.02. The first-order valence-corrected chi connectivity index (χ1v) is 8.79. The van der Waals surface area contributed by atoms with Crippen LogP contribution in [0.5, 0.6) is 0 Å². The number of hydrogen-bond acceptors (Lipinski definition) is 5. The molecule has 20 heavy (non-hydrogen) atoms. The highest BCUT2D eigenvalue weighted by Crippen LogP contribution is 2.33. The Labute approximate surface area is 122 Å². The molecule has 1 aliphatic carbocycles. The second kappa shape index (κ2) is 5.79. The van der Waals surface area contributed by atoms with E-state index in [1.54, 1.807) is 0 Å². The Bertz CT molecular complexity index is 596. The first kappa shape index (κ1) is 15.4. The summed E-state index contributed by atoms with van der Waals surface area (Å²) in [7, 11) is -2.12. The van der Waals surface area contributed by atoms with Crippen molar-refractivity contribution < 1.29 is 18.3 Å². The Morgan fingerprint density at radius 1 is 1.55 bits per heavy atom. The molecule has 0 radical (unpaired) electrons. The average molecular weight is 318 g/mol. The van der Waals surface area contributed by atoms with Gasteiger partial charge in [-0.1, -0.05) is 6.42 Å². The highest BCUT2D eigenvalue weighted by molar-refractivity contribution is 7.89. The van der Waals surface area contributed by atoms with Gasteiger partial charge in [0.05, 0.1) is 28.4 Å². The zero-order valence-corrected chi connectivity index (χ0v) is 13.1. The summed E-state index contributed by atoms with van der Waals surface area (Å²) in [6.07, 6.45) is 1.49. The average Bonchev–Trinajstić information content (AvgIpc) is 2.98. The molecule has 0 spiro atoms. The SMILES string of the molecule is Cc1nc(CN(C)S(=O)(=O)C2CCCC2C(=O)O)cs1. The molecule has 0 aromatic carbocycles. The largest absolute Gasteiger partial charge is 0.481 e. The predicted molar refractivity (Wildman–Crippen MR) is 76.0 cm³/mol. The van der Waals surface area contributed by atoms with E-state index in [9.17, 15) is 13.2 Å². The van der Waals surface area contributed by atoms with Crippen molar-refractivity contribution in [2.24, 2.45) is 5.92 Å². The van der Waals surface area contributed by atoms with Crippen molar-refractivity contribution in [1.82, 2.24) is 9.29 Å². The molecule has 0 aliphatic heterocycles. The topological polar surface area (TPSA) is 87.6 Å². The molecule has 112 valence electrons. The molecule has 6 nitrogen and oxygen atoms in total. The fourth-order valence-corrected chi connectivity index (χ4v) is 5.11. The number of carboxylic acids is 1. The number of hydrogen-bond donors (Lipinski definition) is 1. The van der Waals surface area contributed by atoms with E-state index in [4.69, 9.17) is 5.11 Å². The Morgan fingerprint density at radius 2 is 2.25 bits per heavy atom. The van der Waals surface area contributed by atoms with Crippen LogP contribution in [0.3, 0.4) is 0 Å². The summed E-state index contributed by atoms with van der Waals surface area (Å²) in [6, 6.07) is 0. The summed E-state index contributed by atoms with van der Waals surface area (Å²) in [5.74, 6) is -1.81. The van der Waals surface area contributed by atoms with Crippen molar-refractivity contribution in [3.05, 3.63) is 16.1 Å². The molecule has 1 heterocycles. The third-order valence-electron chi connectivity index (χ3n) is 3.64. The Kier molecular flexibility index (Phi) is 4.46. The number of thiazole rings is 1. The van der Waals surface area contributed by atoms with Gasteiger partial charge in [0.25, 0.3) is 0 Å². The number of nitrogens with zero attached hydrogens (tertiary/aromatic N) is 2. The fraction of sp³-hybridized carbons (Fsp3) is 0.667.